The van der Waals surface area contributed by atoms with E-state index in [4.69, 9.17) is 9.97 Å². The van der Waals surface area contributed by atoms with Crippen molar-refractivity contribution in [3.8, 4) is 33.6 Å². The maximum Gasteiger partial charge on any atom is 0.245 e. The molecule has 2 aliphatic heterocycles. The van der Waals surface area contributed by atoms with Gasteiger partial charge in [-0.3, -0.25) is 9.59 Å². The van der Waals surface area contributed by atoms with E-state index < -0.39 is 0 Å². The van der Waals surface area contributed by atoms with Crippen molar-refractivity contribution in [2.75, 3.05) is 19.6 Å². The van der Waals surface area contributed by atoms with Crippen molar-refractivity contribution in [2.24, 2.45) is 5.92 Å². The van der Waals surface area contributed by atoms with E-state index in [1.165, 1.54) is 22.4 Å². The van der Waals surface area contributed by atoms with E-state index in [0.717, 1.165) is 103 Å². The molecule has 2 aromatic heterocycles. The van der Waals surface area contributed by atoms with E-state index in [2.05, 4.69) is 86.7 Å². The van der Waals surface area contributed by atoms with Crippen LogP contribution in [0.15, 0.2) is 109 Å². The first-order valence-corrected chi connectivity index (χ1v) is 22.6. The molecule has 4 aliphatic rings. The van der Waals surface area contributed by atoms with Gasteiger partial charge in [-0.15, -0.1) is 0 Å². The topological polar surface area (TPSA) is 122 Å². The quantitative estimate of drug-likeness (QED) is 0.0979. The molecule has 0 radical (unpaired) electrons. The van der Waals surface area contributed by atoms with Gasteiger partial charge >= 0.3 is 0 Å². The highest BCUT2D eigenvalue weighted by Gasteiger charge is 2.56. The molecule has 312 valence electrons. The van der Waals surface area contributed by atoms with Crippen molar-refractivity contribution < 1.29 is 9.59 Å². The lowest BCUT2D eigenvalue weighted by molar-refractivity contribution is -0.138. The standard InChI is InChI=1S/C51H56N8O2/c1-3-52-45(34-14-7-5-8-15-34)50(60)58-27-12-11-20-42(58)49-55-40-19-13-18-37-28-36(25-26-39(37)47(40)57-49)32-21-23-33(24-22-32)41-31-54-48(56-41)44-30-38-29-43(38)59(44)51(61)46(53-4-2)35-16-9-6-10-17-35/h5-10,14-17,21-26,28,31,38,42-46,52-53H,3-4,11-13,18-20,27,29-30H2,1-2H3,(H,54,56)(H,55,57)/t38?,42-,43+,44-,45+,46+/m0/s1. The summed E-state index contributed by atoms with van der Waals surface area (Å²) < 4.78 is 0. The zero-order chi connectivity index (χ0) is 41.5. The van der Waals surface area contributed by atoms with Gasteiger partial charge in [-0.05, 0) is 104 Å². The summed E-state index contributed by atoms with van der Waals surface area (Å²) in [6.45, 7) is 6.27. The molecule has 4 aromatic carbocycles. The minimum atomic E-state index is -0.378. The number of fused-ring (bicyclic) bond motifs is 4. The van der Waals surface area contributed by atoms with Gasteiger partial charge in [0, 0.05) is 23.8 Å². The maximum atomic E-state index is 14.2. The van der Waals surface area contributed by atoms with Crippen LogP contribution in [0, 0.1) is 5.92 Å². The molecule has 3 fully saturated rings. The van der Waals surface area contributed by atoms with E-state index in [9.17, 15) is 9.59 Å². The van der Waals surface area contributed by atoms with Crippen molar-refractivity contribution >= 4 is 11.8 Å². The highest BCUT2D eigenvalue weighted by molar-refractivity contribution is 5.85. The number of H-pyrrole nitrogens is 2. The van der Waals surface area contributed by atoms with Gasteiger partial charge in [0.2, 0.25) is 11.8 Å². The Morgan fingerprint density at radius 2 is 1.41 bits per heavy atom. The van der Waals surface area contributed by atoms with Crippen molar-refractivity contribution in [3.05, 3.63) is 143 Å². The van der Waals surface area contributed by atoms with Crippen LogP contribution in [0.2, 0.25) is 0 Å². The molecule has 4 N–H and O–H groups in total. The number of carbonyl (C=O) groups excluding carboxylic acids is 2. The Morgan fingerprint density at radius 3 is 2.13 bits per heavy atom. The van der Waals surface area contributed by atoms with Gasteiger partial charge < -0.3 is 30.4 Å². The first-order chi connectivity index (χ1) is 30.0. The van der Waals surface area contributed by atoms with Gasteiger partial charge in [0.1, 0.15) is 23.7 Å². The number of aromatic nitrogens is 4. The van der Waals surface area contributed by atoms with Crippen LogP contribution in [0.4, 0.5) is 0 Å². The van der Waals surface area contributed by atoms with Gasteiger partial charge in [0.05, 0.1) is 29.7 Å². The summed E-state index contributed by atoms with van der Waals surface area (Å²) in [5.74, 6) is 2.57. The molecule has 6 aromatic rings. The summed E-state index contributed by atoms with van der Waals surface area (Å²) in [4.78, 5) is 50.1. The molecule has 4 heterocycles. The third-order valence-electron chi connectivity index (χ3n) is 13.5. The highest BCUT2D eigenvalue weighted by atomic mass is 16.2. The summed E-state index contributed by atoms with van der Waals surface area (Å²) >= 11 is 0. The van der Waals surface area contributed by atoms with Crippen molar-refractivity contribution in [2.45, 2.75) is 95.4 Å². The third-order valence-corrected chi connectivity index (χ3v) is 13.5. The number of carbonyl (C=O) groups is 2. The highest BCUT2D eigenvalue weighted by Crippen LogP contribution is 2.54. The fraction of sp³-hybridized carbons (Fsp3) is 0.373. The largest absolute Gasteiger partial charge is 0.344 e. The Balaban J connectivity index is 0.860. The van der Waals surface area contributed by atoms with Crippen LogP contribution in [-0.4, -0.2) is 67.2 Å². The molecular weight excluding hydrogens is 757 g/mol. The Labute approximate surface area is 358 Å². The molecule has 0 spiro atoms. The van der Waals surface area contributed by atoms with Crippen LogP contribution in [0.3, 0.4) is 0 Å². The fourth-order valence-corrected chi connectivity index (χ4v) is 10.4. The molecule has 1 unspecified atom stereocenters. The lowest BCUT2D eigenvalue weighted by Crippen LogP contribution is -2.45. The number of amides is 2. The van der Waals surface area contributed by atoms with Crippen LogP contribution < -0.4 is 10.6 Å². The van der Waals surface area contributed by atoms with Crippen molar-refractivity contribution in [1.29, 1.82) is 0 Å². The van der Waals surface area contributed by atoms with Crippen LogP contribution in [-0.2, 0) is 22.4 Å². The zero-order valence-corrected chi connectivity index (χ0v) is 35.2. The Kier molecular flexibility index (Phi) is 10.9. The molecular formula is C51H56N8O2. The second kappa shape index (κ2) is 16.9. The molecule has 10 heteroatoms. The average Bonchev–Trinajstić information content (AvgIpc) is 3.58. The Bertz CT molecular complexity index is 2490. The van der Waals surface area contributed by atoms with E-state index in [0.29, 0.717) is 19.0 Å². The molecule has 0 bridgehead atoms. The smallest absolute Gasteiger partial charge is 0.245 e. The molecule has 2 amide bonds. The molecule has 10 rings (SSSR count). The number of rotatable bonds is 12. The molecule has 6 atom stereocenters. The minimum absolute atomic E-state index is 0.0565. The summed E-state index contributed by atoms with van der Waals surface area (Å²) in [7, 11) is 0. The molecule has 10 nitrogen and oxygen atoms in total. The van der Waals surface area contributed by atoms with Gasteiger partial charge in [-0.25, -0.2) is 9.97 Å². The average molecular weight is 813 g/mol. The maximum absolute atomic E-state index is 14.2. The fourth-order valence-electron chi connectivity index (χ4n) is 10.4. The van der Waals surface area contributed by atoms with Crippen LogP contribution in [0.5, 0.6) is 0 Å². The molecule has 61 heavy (non-hydrogen) atoms. The first-order valence-electron chi connectivity index (χ1n) is 22.6. The number of likely N-dealkylation sites (N-methyl/N-ethyl adjacent to an activating group) is 2. The van der Waals surface area contributed by atoms with Crippen molar-refractivity contribution in [1.82, 2.24) is 40.4 Å². The number of imidazole rings is 2. The first kappa shape index (κ1) is 39.3. The lowest BCUT2D eigenvalue weighted by Gasteiger charge is -2.37. The van der Waals surface area contributed by atoms with E-state index in [1.54, 1.807) is 0 Å². The number of hydrogen-bond acceptors (Lipinski definition) is 6. The lowest BCUT2D eigenvalue weighted by atomic mass is 9.95. The van der Waals surface area contributed by atoms with Gasteiger partial charge in [-0.2, -0.15) is 0 Å². The summed E-state index contributed by atoms with van der Waals surface area (Å²) in [5.41, 5.74) is 11.1. The summed E-state index contributed by atoms with van der Waals surface area (Å²) in [6.07, 6.45) is 9.85. The third kappa shape index (κ3) is 7.61. The van der Waals surface area contributed by atoms with E-state index >= 15 is 0 Å². The Morgan fingerprint density at radius 1 is 0.721 bits per heavy atom. The van der Waals surface area contributed by atoms with Crippen LogP contribution in [0.25, 0.3) is 33.6 Å². The normalized spacial score (nSPS) is 21.5. The summed E-state index contributed by atoms with van der Waals surface area (Å²) in [6, 6.07) is 35.1. The number of aromatic amines is 2. The Hall–Kier alpha value is -5.84. The predicted molar refractivity (Wildman–Crippen MR) is 239 cm³/mol. The zero-order valence-electron chi connectivity index (χ0n) is 35.2. The monoisotopic (exact) mass is 812 g/mol. The van der Waals surface area contributed by atoms with Gasteiger partial charge in [-0.1, -0.05) is 117 Å². The van der Waals surface area contributed by atoms with Crippen molar-refractivity contribution in [3.63, 3.8) is 0 Å². The number of likely N-dealkylation sites (tertiary alicyclic amines) is 2. The molecule has 1 saturated carbocycles. The predicted octanol–water partition coefficient (Wildman–Crippen LogP) is 9.04. The SMILES string of the molecule is CCN[C@@H](C(=O)N1CCCC[C@H]1c1nc2c([nH]1)CCCc1cc(-c3ccc(-c4cnc([C@@H]5CC6C[C@H]6N5C(=O)[C@H](NCC)c5ccccc5)[nH]4)cc3)ccc1-2)c1ccccc1. The van der Waals surface area contributed by atoms with Gasteiger partial charge in [0.25, 0.3) is 0 Å². The second-order valence-corrected chi connectivity index (χ2v) is 17.3. The van der Waals surface area contributed by atoms with E-state index in [1.807, 2.05) is 66.9 Å². The van der Waals surface area contributed by atoms with Gasteiger partial charge in [0.15, 0.2) is 0 Å². The number of aryl methyl sites for hydroxylation is 2. The number of benzene rings is 4. The number of hydrogen-bond donors (Lipinski definition) is 4. The molecule has 2 saturated heterocycles. The number of piperidine rings is 2. The number of nitrogens with zero attached hydrogens (tertiary/aromatic N) is 4. The number of nitrogens with one attached hydrogen (secondary N) is 4. The van der Waals surface area contributed by atoms with E-state index in [-0.39, 0.29) is 42.0 Å². The molecule has 2 aliphatic carbocycles. The summed E-state index contributed by atoms with van der Waals surface area (Å²) in [5, 5.41) is 6.91. The second-order valence-electron chi connectivity index (χ2n) is 17.3. The minimum Gasteiger partial charge on any atom is -0.344 e. The van der Waals surface area contributed by atoms with Crippen LogP contribution in [0.1, 0.15) is 111 Å². The van der Waals surface area contributed by atoms with Crippen LogP contribution >= 0.6 is 0 Å².